The SMILES string of the molecule is Fc1cc(CNC2CC2)cc(F)c1OCCn1cccn1. The van der Waals surface area contributed by atoms with E-state index in [1.165, 1.54) is 12.1 Å². The summed E-state index contributed by atoms with van der Waals surface area (Å²) in [5.74, 6) is -1.65. The van der Waals surface area contributed by atoms with E-state index < -0.39 is 11.6 Å². The summed E-state index contributed by atoms with van der Waals surface area (Å²) in [5, 5.41) is 7.22. The quantitative estimate of drug-likeness (QED) is 0.852. The van der Waals surface area contributed by atoms with Crippen molar-refractivity contribution < 1.29 is 13.5 Å². The van der Waals surface area contributed by atoms with Crippen LogP contribution in [0.5, 0.6) is 5.75 Å². The lowest BCUT2D eigenvalue weighted by molar-refractivity contribution is 0.264. The molecule has 1 N–H and O–H groups in total. The molecule has 1 aromatic heterocycles. The number of rotatable bonds is 7. The summed E-state index contributed by atoms with van der Waals surface area (Å²) in [6, 6.07) is 4.92. The van der Waals surface area contributed by atoms with Crippen molar-refractivity contribution in [2.45, 2.75) is 32.0 Å². The zero-order valence-electron chi connectivity index (χ0n) is 11.6. The van der Waals surface area contributed by atoms with E-state index in [0.29, 0.717) is 24.7 Å². The minimum atomic E-state index is -0.664. The summed E-state index contributed by atoms with van der Waals surface area (Å²) < 4.78 is 34.6. The molecular formula is C15H17F2N3O. The highest BCUT2D eigenvalue weighted by molar-refractivity contribution is 5.31. The van der Waals surface area contributed by atoms with Crippen molar-refractivity contribution in [3.63, 3.8) is 0 Å². The third-order valence-electron chi connectivity index (χ3n) is 3.36. The van der Waals surface area contributed by atoms with Crippen molar-refractivity contribution >= 4 is 0 Å². The molecule has 0 atom stereocenters. The van der Waals surface area contributed by atoms with E-state index in [9.17, 15) is 8.78 Å². The van der Waals surface area contributed by atoms with Gasteiger partial charge in [0.15, 0.2) is 17.4 Å². The van der Waals surface area contributed by atoms with Gasteiger partial charge in [0.2, 0.25) is 0 Å². The standard InChI is InChI=1S/C15H17F2N3O/c16-13-8-11(10-18-12-2-3-12)9-14(17)15(13)21-7-6-20-5-1-4-19-20/h1,4-5,8-9,12,18H,2-3,6-7,10H2. The van der Waals surface area contributed by atoms with Crippen LogP contribution < -0.4 is 10.1 Å². The largest absolute Gasteiger partial charge is 0.486 e. The molecule has 0 amide bonds. The molecule has 0 saturated heterocycles. The van der Waals surface area contributed by atoms with Gasteiger partial charge < -0.3 is 10.1 Å². The molecule has 1 aliphatic carbocycles. The van der Waals surface area contributed by atoms with Crippen LogP contribution in [0.4, 0.5) is 8.78 Å². The fourth-order valence-electron chi connectivity index (χ4n) is 2.08. The Hall–Kier alpha value is -1.95. The van der Waals surface area contributed by atoms with Gasteiger partial charge in [0, 0.05) is 25.0 Å². The Morgan fingerprint density at radius 3 is 2.67 bits per heavy atom. The predicted molar refractivity (Wildman–Crippen MR) is 73.9 cm³/mol. The third-order valence-corrected chi connectivity index (χ3v) is 3.36. The van der Waals surface area contributed by atoms with Crippen LogP contribution in [0.2, 0.25) is 0 Å². The predicted octanol–water partition coefficient (Wildman–Crippen LogP) is 2.49. The average Bonchev–Trinajstić information content (AvgIpc) is 3.14. The van der Waals surface area contributed by atoms with E-state index >= 15 is 0 Å². The number of benzene rings is 1. The van der Waals surface area contributed by atoms with Crippen LogP contribution >= 0.6 is 0 Å². The van der Waals surface area contributed by atoms with E-state index in [1.54, 1.807) is 23.1 Å². The van der Waals surface area contributed by atoms with E-state index in [4.69, 9.17) is 4.74 Å². The molecule has 0 bridgehead atoms. The second kappa shape index (κ2) is 6.22. The van der Waals surface area contributed by atoms with Gasteiger partial charge in [-0.25, -0.2) is 8.78 Å². The third kappa shape index (κ3) is 3.78. The van der Waals surface area contributed by atoms with Crippen LogP contribution in [0, 0.1) is 11.6 Å². The van der Waals surface area contributed by atoms with Crippen molar-refractivity contribution in [3.05, 3.63) is 47.8 Å². The van der Waals surface area contributed by atoms with Crippen LogP contribution in [0.15, 0.2) is 30.6 Å². The second-order valence-corrected chi connectivity index (χ2v) is 5.16. The Kier molecular flexibility index (Phi) is 4.15. The van der Waals surface area contributed by atoms with Crippen LogP contribution in [-0.2, 0) is 13.1 Å². The molecule has 0 aliphatic heterocycles. The van der Waals surface area contributed by atoms with E-state index in [1.807, 2.05) is 0 Å². The number of hydrogen-bond donors (Lipinski definition) is 1. The van der Waals surface area contributed by atoms with Crippen molar-refractivity contribution in [2.75, 3.05) is 6.61 Å². The zero-order chi connectivity index (χ0) is 14.7. The Balaban J connectivity index is 1.58. The van der Waals surface area contributed by atoms with Crippen molar-refractivity contribution in [2.24, 2.45) is 0 Å². The Morgan fingerprint density at radius 2 is 2.05 bits per heavy atom. The van der Waals surface area contributed by atoms with E-state index in [0.717, 1.165) is 12.8 Å². The highest BCUT2D eigenvalue weighted by Crippen LogP contribution is 2.24. The fourth-order valence-corrected chi connectivity index (χ4v) is 2.08. The van der Waals surface area contributed by atoms with E-state index in [2.05, 4.69) is 10.4 Å². The number of nitrogens with one attached hydrogen (secondary N) is 1. The molecule has 0 spiro atoms. The highest BCUT2D eigenvalue weighted by atomic mass is 19.1. The molecule has 1 saturated carbocycles. The lowest BCUT2D eigenvalue weighted by Crippen LogP contribution is -2.16. The normalized spacial score (nSPS) is 14.4. The maximum Gasteiger partial charge on any atom is 0.190 e. The molecular weight excluding hydrogens is 276 g/mol. The maximum atomic E-state index is 13.9. The number of nitrogens with zero attached hydrogens (tertiary/aromatic N) is 2. The van der Waals surface area contributed by atoms with Crippen LogP contribution in [0.25, 0.3) is 0 Å². The lowest BCUT2D eigenvalue weighted by Gasteiger charge is -2.10. The molecule has 2 aromatic rings. The summed E-state index contributed by atoms with van der Waals surface area (Å²) in [6.45, 7) is 1.08. The molecule has 1 aliphatic rings. The fraction of sp³-hybridized carbons (Fsp3) is 0.400. The first-order chi connectivity index (χ1) is 10.2. The molecule has 21 heavy (non-hydrogen) atoms. The molecule has 6 heteroatoms. The molecule has 4 nitrogen and oxygen atoms in total. The Labute approximate surface area is 121 Å². The maximum absolute atomic E-state index is 13.9. The number of hydrogen-bond acceptors (Lipinski definition) is 3. The first-order valence-corrected chi connectivity index (χ1v) is 7.04. The van der Waals surface area contributed by atoms with Crippen molar-refractivity contribution in [1.29, 1.82) is 0 Å². The van der Waals surface area contributed by atoms with Gasteiger partial charge in [0.1, 0.15) is 6.61 Å². The average molecular weight is 293 g/mol. The zero-order valence-corrected chi connectivity index (χ0v) is 11.6. The van der Waals surface area contributed by atoms with Gasteiger partial charge in [-0.1, -0.05) is 0 Å². The van der Waals surface area contributed by atoms with Gasteiger partial charge in [-0.05, 0) is 36.6 Å². The molecule has 0 unspecified atom stereocenters. The van der Waals surface area contributed by atoms with Crippen LogP contribution in [-0.4, -0.2) is 22.4 Å². The van der Waals surface area contributed by atoms with Gasteiger partial charge in [-0.3, -0.25) is 4.68 Å². The van der Waals surface area contributed by atoms with Crippen molar-refractivity contribution in [3.8, 4) is 5.75 Å². The lowest BCUT2D eigenvalue weighted by atomic mass is 10.2. The Bertz CT molecular complexity index is 574. The van der Waals surface area contributed by atoms with Crippen LogP contribution in [0.3, 0.4) is 0 Å². The van der Waals surface area contributed by atoms with Crippen LogP contribution in [0.1, 0.15) is 18.4 Å². The first kappa shape index (κ1) is 14.0. The second-order valence-electron chi connectivity index (χ2n) is 5.16. The van der Waals surface area contributed by atoms with Gasteiger partial charge in [-0.15, -0.1) is 0 Å². The molecule has 1 aromatic carbocycles. The smallest absolute Gasteiger partial charge is 0.190 e. The topological polar surface area (TPSA) is 39.1 Å². The highest BCUT2D eigenvalue weighted by Gasteiger charge is 2.20. The molecule has 0 radical (unpaired) electrons. The first-order valence-electron chi connectivity index (χ1n) is 7.04. The molecule has 1 fully saturated rings. The minimum Gasteiger partial charge on any atom is -0.486 e. The number of halogens is 2. The summed E-state index contributed by atoms with van der Waals surface area (Å²) in [4.78, 5) is 0. The van der Waals surface area contributed by atoms with Gasteiger partial charge in [0.05, 0.1) is 6.54 Å². The summed E-state index contributed by atoms with van der Waals surface area (Å²) in [5.41, 5.74) is 0.594. The summed E-state index contributed by atoms with van der Waals surface area (Å²) >= 11 is 0. The van der Waals surface area contributed by atoms with Crippen molar-refractivity contribution in [1.82, 2.24) is 15.1 Å². The summed E-state index contributed by atoms with van der Waals surface area (Å²) in [6.07, 6.45) is 5.69. The Morgan fingerprint density at radius 1 is 1.29 bits per heavy atom. The monoisotopic (exact) mass is 293 g/mol. The van der Waals surface area contributed by atoms with Gasteiger partial charge in [0.25, 0.3) is 0 Å². The molecule has 1 heterocycles. The van der Waals surface area contributed by atoms with E-state index in [-0.39, 0.29) is 12.4 Å². The number of ether oxygens (including phenoxy) is 1. The molecule has 3 rings (SSSR count). The number of aromatic nitrogens is 2. The molecule has 112 valence electrons. The van der Waals surface area contributed by atoms with Gasteiger partial charge in [-0.2, -0.15) is 5.10 Å². The summed E-state index contributed by atoms with van der Waals surface area (Å²) in [7, 11) is 0. The van der Waals surface area contributed by atoms with Gasteiger partial charge >= 0.3 is 0 Å². The minimum absolute atomic E-state index is 0.162.